The SMILES string of the molecule is Cn1cccc1C1CCCCN1C(=O)Cc1ccc2cn[nH]c2c1. The Bertz CT molecular complexity index is 863. The largest absolute Gasteiger partial charge is 0.353 e. The minimum Gasteiger partial charge on any atom is -0.353 e. The maximum Gasteiger partial charge on any atom is 0.227 e. The molecule has 1 atom stereocenters. The van der Waals surface area contributed by atoms with E-state index >= 15 is 0 Å². The van der Waals surface area contributed by atoms with Crippen LogP contribution in [0.3, 0.4) is 0 Å². The number of carbonyl (C=O) groups is 1. The van der Waals surface area contributed by atoms with Crippen LogP contribution in [0.2, 0.25) is 0 Å². The van der Waals surface area contributed by atoms with Gasteiger partial charge in [0.05, 0.1) is 24.2 Å². The number of amides is 1. The highest BCUT2D eigenvalue weighted by atomic mass is 16.2. The number of nitrogens with zero attached hydrogens (tertiary/aromatic N) is 3. The Morgan fingerprint density at radius 1 is 1.33 bits per heavy atom. The molecule has 5 nitrogen and oxygen atoms in total. The molecule has 4 rings (SSSR count). The molecule has 0 radical (unpaired) electrons. The van der Waals surface area contributed by atoms with Gasteiger partial charge >= 0.3 is 0 Å². The van der Waals surface area contributed by atoms with Crippen LogP contribution in [-0.2, 0) is 18.3 Å². The smallest absolute Gasteiger partial charge is 0.227 e. The third kappa shape index (κ3) is 2.70. The van der Waals surface area contributed by atoms with Gasteiger partial charge in [-0.15, -0.1) is 0 Å². The summed E-state index contributed by atoms with van der Waals surface area (Å²) in [4.78, 5) is 15.0. The highest BCUT2D eigenvalue weighted by Gasteiger charge is 2.29. The molecular weight excluding hydrogens is 300 g/mol. The second-order valence-electron chi connectivity index (χ2n) is 6.61. The van der Waals surface area contributed by atoms with Gasteiger partial charge < -0.3 is 9.47 Å². The van der Waals surface area contributed by atoms with E-state index in [1.807, 2.05) is 18.2 Å². The van der Waals surface area contributed by atoms with Crippen molar-refractivity contribution in [2.75, 3.05) is 6.54 Å². The maximum absolute atomic E-state index is 12.9. The number of likely N-dealkylation sites (tertiary alicyclic amines) is 1. The Morgan fingerprint density at radius 3 is 3.08 bits per heavy atom. The van der Waals surface area contributed by atoms with Crippen LogP contribution < -0.4 is 0 Å². The van der Waals surface area contributed by atoms with Gasteiger partial charge in [0.1, 0.15) is 0 Å². The van der Waals surface area contributed by atoms with Crippen LogP contribution in [0.1, 0.15) is 36.6 Å². The minimum atomic E-state index is 0.196. The van der Waals surface area contributed by atoms with Crippen molar-refractivity contribution in [1.82, 2.24) is 19.7 Å². The molecule has 1 N–H and O–H groups in total. The molecule has 1 aromatic carbocycles. The lowest BCUT2D eigenvalue weighted by molar-refractivity contribution is -0.134. The molecule has 2 aromatic heterocycles. The van der Waals surface area contributed by atoms with Crippen molar-refractivity contribution in [1.29, 1.82) is 0 Å². The number of nitrogens with one attached hydrogen (secondary N) is 1. The van der Waals surface area contributed by atoms with Crippen molar-refractivity contribution in [3.8, 4) is 0 Å². The fraction of sp³-hybridized carbons (Fsp3) is 0.368. The predicted octanol–water partition coefficient (Wildman–Crippen LogP) is 3.20. The molecule has 0 spiro atoms. The average molecular weight is 322 g/mol. The van der Waals surface area contributed by atoms with Crippen molar-refractivity contribution in [3.63, 3.8) is 0 Å². The van der Waals surface area contributed by atoms with Gasteiger partial charge in [-0.05, 0) is 43.0 Å². The van der Waals surface area contributed by atoms with E-state index in [9.17, 15) is 4.79 Å². The summed E-state index contributed by atoms with van der Waals surface area (Å²) in [5, 5.41) is 8.09. The van der Waals surface area contributed by atoms with Gasteiger partial charge in [-0.25, -0.2) is 0 Å². The number of rotatable bonds is 3. The molecule has 3 heterocycles. The van der Waals surface area contributed by atoms with Crippen LogP contribution in [0.4, 0.5) is 0 Å². The van der Waals surface area contributed by atoms with Gasteiger partial charge in [0.2, 0.25) is 5.91 Å². The summed E-state index contributed by atoms with van der Waals surface area (Å²) >= 11 is 0. The Labute approximate surface area is 141 Å². The fourth-order valence-corrected chi connectivity index (χ4v) is 3.73. The van der Waals surface area contributed by atoms with E-state index in [1.54, 1.807) is 6.20 Å². The van der Waals surface area contributed by atoms with Crippen LogP contribution in [0, 0.1) is 0 Å². The van der Waals surface area contributed by atoms with E-state index in [4.69, 9.17) is 0 Å². The second-order valence-corrected chi connectivity index (χ2v) is 6.61. The highest BCUT2D eigenvalue weighted by Crippen LogP contribution is 2.31. The van der Waals surface area contributed by atoms with Gasteiger partial charge in [0.15, 0.2) is 0 Å². The first-order valence-corrected chi connectivity index (χ1v) is 8.55. The number of hydrogen-bond acceptors (Lipinski definition) is 2. The second kappa shape index (κ2) is 6.15. The number of benzene rings is 1. The summed E-state index contributed by atoms with van der Waals surface area (Å²) in [5.41, 5.74) is 3.25. The molecule has 1 aliphatic rings. The van der Waals surface area contributed by atoms with Gasteiger partial charge in [0.25, 0.3) is 0 Å². The number of carbonyl (C=O) groups excluding carboxylic acids is 1. The molecule has 0 bridgehead atoms. The predicted molar refractivity (Wildman–Crippen MR) is 93.5 cm³/mol. The third-order valence-corrected chi connectivity index (χ3v) is 5.01. The monoisotopic (exact) mass is 322 g/mol. The van der Waals surface area contributed by atoms with Crippen LogP contribution in [0.5, 0.6) is 0 Å². The molecule has 1 aliphatic heterocycles. The summed E-state index contributed by atoms with van der Waals surface area (Å²) in [6.45, 7) is 0.848. The molecule has 1 fully saturated rings. The Kier molecular flexibility index (Phi) is 3.84. The van der Waals surface area contributed by atoms with E-state index < -0.39 is 0 Å². The van der Waals surface area contributed by atoms with Crippen molar-refractivity contribution >= 4 is 16.8 Å². The number of hydrogen-bond donors (Lipinski definition) is 1. The molecule has 124 valence electrons. The van der Waals surface area contributed by atoms with E-state index in [2.05, 4.69) is 45.0 Å². The Morgan fingerprint density at radius 2 is 2.25 bits per heavy atom. The molecule has 0 aliphatic carbocycles. The maximum atomic E-state index is 12.9. The van der Waals surface area contributed by atoms with Crippen LogP contribution >= 0.6 is 0 Å². The molecular formula is C19H22N4O. The van der Waals surface area contributed by atoms with E-state index in [0.717, 1.165) is 35.9 Å². The number of aromatic nitrogens is 3. The van der Waals surface area contributed by atoms with E-state index in [1.165, 1.54) is 12.1 Å². The topological polar surface area (TPSA) is 53.9 Å². The lowest BCUT2D eigenvalue weighted by Gasteiger charge is -2.36. The first-order chi connectivity index (χ1) is 11.7. The summed E-state index contributed by atoms with van der Waals surface area (Å²) in [7, 11) is 2.05. The summed E-state index contributed by atoms with van der Waals surface area (Å²) in [6, 6.07) is 10.5. The summed E-state index contributed by atoms with van der Waals surface area (Å²) < 4.78 is 2.13. The molecule has 5 heteroatoms. The van der Waals surface area contributed by atoms with Gasteiger partial charge in [0, 0.05) is 30.9 Å². The van der Waals surface area contributed by atoms with Crippen LogP contribution in [-0.4, -0.2) is 32.1 Å². The molecule has 1 amide bonds. The number of aryl methyl sites for hydroxylation is 1. The standard InChI is InChI=1S/C19H22N4O/c1-22-9-4-6-17(22)18-5-2-3-10-23(18)19(24)12-14-7-8-15-13-20-21-16(15)11-14/h4,6-9,11,13,18H,2-3,5,10,12H2,1H3,(H,20,21). The summed E-state index contributed by atoms with van der Waals surface area (Å²) in [6.07, 6.45) is 7.61. The first kappa shape index (κ1) is 15.0. The zero-order valence-corrected chi connectivity index (χ0v) is 13.9. The van der Waals surface area contributed by atoms with Crippen LogP contribution in [0.15, 0.2) is 42.7 Å². The van der Waals surface area contributed by atoms with E-state index in [-0.39, 0.29) is 11.9 Å². The molecule has 1 unspecified atom stereocenters. The van der Waals surface area contributed by atoms with Gasteiger partial charge in [-0.1, -0.05) is 12.1 Å². The van der Waals surface area contributed by atoms with E-state index in [0.29, 0.717) is 6.42 Å². The average Bonchev–Trinajstić information content (AvgIpc) is 3.23. The zero-order valence-electron chi connectivity index (χ0n) is 13.9. The highest BCUT2D eigenvalue weighted by molar-refractivity contribution is 5.83. The van der Waals surface area contributed by atoms with Crippen molar-refractivity contribution in [2.24, 2.45) is 7.05 Å². The number of piperidine rings is 1. The number of H-pyrrole nitrogens is 1. The fourth-order valence-electron chi connectivity index (χ4n) is 3.73. The molecule has 24 heavy (non-hydrogen) atoms. The molecule has 0 saturated carbocycles. The van der Waals surface area contributed by atoms with Gasteiger partial charge in [-0.3, -0.25) is 9.89 Å². The molecule has 3 aromatic rings. The number of aromatic amines is 1. The van der Waals surface area contributed by atoms with Crippen molar-refractivity contribution < 1.29 is 4.79 Å². The minimum absolute atomic E-state index is 0.196. The Hall–Kier alpha value is -2.56. The zero-order chi connectivity index (χ0) is 16.5. The van der Waals surface area contributed by atoms with Crippen molar-refractivity contribution in [3.05, 3.63) is 54.0 Å². The third-order valence-electron chi connectivity index (χ3n) is 5.01. The van der Waals surface area contributed by atoms with Gasteiger partial charge in [-0.2, -0.15) is 5.10 Å². The first-order valence-electron chi connectivity index (χ1n) is 8.55. The normalized spacial score (nSPS) is 18.2. The Balaban J connectivity index is 1.56. The van der Waals surface area contributed by atoms with Crippen molar-refractivity contribution in [2.45, 2.75) is 31.7 Å². The quantitative estimate of drug-likeness (QED) is 0.805. The molecule has 1 saturated heterocycles. The lowest BCUT2D eigenvalue weighted by Crippen LogP contribution is -2.40. The van der Waals surface area contributed by atoms with Crippen LogP contribution in [0.25, 0.3) is 10.9 Å². The number of fused-ring (bicyclic) bond motifs is 1. The summed E-state index contributed by atoms with van der Waals surface area (Å²) in [5.74, 6) is 0.208. The lowest BCUT2D eigenvalue weighted by atomic mass is 9.98.